The van der Waals surface area contributed by atoms with E-state index in [0.717, 1.165) is 38.9 Å². The second-order valence-corrected chi connectivity index (χ2v) is 8.15. The molecule has 0 aromatic carbocycles. The minimum absolute atomic E-state index is 0.246. The molecule has 2 saturated heterocycles. The van der Waals surface area contributed by atoms with Gasteiger partial charge in [-0.1, -0.05) is 0 Å². The summed E-state index contributed by atoms with van der Waals surface area (Å²) in [6.07, 6.45) is 2.84. The summed E-state index contributed by atoms with van der Waals surface area (Å²) in [5, 5.41) is 2.92. The molecule has 2 heterocycles. The van der Waals surface area contributed by atoms with Crippen molar-refractivity contribution in [2.75, 3.05) is 32.7 Å². The first-order valence-electron chi connectivity index (χ1n) is 7.42. The van der Waals surface area contributed by atoms with Crippen LogP contribution in [0.25, 0.3) is 0 Å². The van der Waals surface area contributed by atoms with E-state index in [-0.39, 0.29) is 5.25 Å². The molecule has 2 aliphatic rings. The first-order valence-corrected chi connectivity index (χ1v) is 8.97. The second-order valence-electron chi connectivity index (χ2n) is 6.11. The summed E-state index contributed by atoms with van der Waals surface area (Å²) in [6.45, 7) is 8.64. The van der Waals surface area contributed by atoms with Crippen molar-refractivity contribution in [1.82, 2.24) is 14.9 Å². The van der Waals surface area contributed by atoms with E-state index in [9.17, 15) is 8.42 Å². The lowest BCUT2D eigenvalue weighted by Crippen LogP contribution is -2.45. The highest BCUT2D eigenvalue weighted by Gasteiger charge is 2.29. The van der Waals surface area contributed by atoms with Crippen molar-refractivity contribution in [1.29, 1.82) is 0 Å². The van der Waals surface area contributed by atoms with Crippen LogP contribution in [0.2, 0.25) is 0 Å². The second kappa shape index (κ2) is 6.52. The quantitative estimate of drug-likeness (QED) is 0.768. The van der Waals surface area contributed by atoms with Gasteiger partial charge < -0.3 is 10.2 Å². The molecule has 2 unspecified atom stereocenters. The van der Waals surface area contributed by atoms with Crippen LogP contribution in [0.3, 0.4) is 0 Å². The average Bonchev–Trinajstić information content (AvgIpc) is 2.87. The van der Waals surface area contributed by atoms with Gasteiger partial charge in [0, 0.05) is 25.7 Å². The fourth-order valence-electron chi connectivity index (χ4n) is 2.93. The molecule has 5 nitrogen and oxygen atoms in total. The molecule has 0 aromatic heterocycles. The molecular formula is C13H27N3O2S. The average molecular weight is 289 g/mol. The highest BCUT2D eigenvalue weighted by atomic mass is 32.2. The lowest BCUT2D eigenvalue weighted by atomic mass is 10.1. The Labute approximate surface area is 117 Å². The third-order valence-corrected chi connectivity index (χ3v) is 6.16. The summed E-state index contributed by atoms with van der Waals surface area (Å²) in [5.74, 6) is 0.466. The van der Waals surface area contributed by atoms with Crippen molar-refractivity contribution in [3.8, 4) is 0 Å². The molecule has 0 bridgehead atoms. The Bertz CT molecular complexity index is 377. The van der Waals surface area contributed by atoms with Gasteiger partial charge in [0.1, 0.15) is 0 Å². The predicted octanol–water partition coefficient (Wildman–Crippen LogP) is 0.388. The van der Waals surface area contributed by atoms with Crippen molar-refractivity contribution in [3.05, 3.63) is 0 Å². The van der Waals surface area contributed by atoms with Gasteiger partial charge in [-0.05, 0) is 52.1 Å². The SMILES string of the molecule is CC(C)N1CCC(CNS(=O)(=O)C2CCCNC2)C1. The van der Waals surface area contributed by atoms with Crippen LogP contribution in [0.15, 0.2) is 0 Å². The Morgan fingerprint density at radius 1 is 1.37 bits per heavy atom. The Hall–Kier alpha value is -0.170. The zero-order valence-corrected chi connectivity index (χ0v) is 12.9. The van der Waals surface area contributed by atoms with E-state index in [4.69, 9.17) is 0 Å². The summed E-state index contributed by atoms with van der Waals surface area (Å²) >= 11 is 0. The van der Waals surface area contributed by atoms with Gasteiger partial charge in [-0.25, -0.2) is 13.1 Å². The number of nitrogens with zero attached hydrogens (tertiary/aromatic N) is 1. The highest BCUT2D eigenvalue weighted by molar-refractivity contribution is 7.90. The molecule has 2 fully saturated rings. The van der Waals surface area contributed by atoms with Gasteiger partial charge in [0.2, 0.25) is 10.0 Å². The molecule has 0 aromatic rings. The van der Waals surface area contributed by atoms with Crippen molar-refractivity contribution in [2.45, 2.75) is 44.4 Å². The number of hydrogen-bond acceptors (Lipinski definition) is 4. The number of likely N-dealkylation sites (tertiary alicyclic amines) is 1. The van der Waals surface area contributed by atoms with Crippen LogP contribution in [0, 0.1) is 5.92 Å². The fourth-order valence-corrected chi connectivity index (χ4v) is 4.45. The smallest absolute Gasteiger partial charge is 0.215 e. The van der Waals surface area contributed by atoms with Gasteiger partial charge in [-0.15, -0.1) is 0 Å². The third-order valence-electron chi connectivity index (χ3n) is 4.31. The first-order chi connectivity index (χ1) is 8.99. The maximum absolute atomic E-state index is 12.2. The normalized spacial score (nSPS) is 30.1. The van der Waals surface area contributed by atoms with Crippen LogP contribution >= 0.6 is 0 Å². The summed E-state index contributed by atoms with van der Waals surface area (Å²) in [7, 11) is -3.14. The van der Waals surface area contributed by atoms with Gasteiger partial charge in [-0.3, -0.25) is 0 Å². The molecule has 0 radical (unpaired) electrons. The summed E-state index contributed by atoms with van der Waals surface area (Å²) in [5.41, 5.74) is 0. The molecule has 2 rings (SSSR count). The molecule has 0 aliphatic carbocycles. The van der Waals surface area contributed by atoms with E-state index < -0.39 is 10.0 Å². The van der Waals surface area contributed by atoms with E-state index in [0.29, 0.717) is 25.0 Å². The van der Waals surface area contributed by atoms with Crippen LogP contribution in [0.5, 0.6) is 0 Å². The molecule has 0 amide bonds. The number of piperidine rings is 1. The van der Waals surface area contributed by atoms with Crippen molar-refractivity contribution < 1.29 is 8.42 Å². The van der Waals surface area contributed by atoms with E-state index in [1.807, 2.05) is 0 Å². The minimum atomic E-state index is -3.14. The summed E-state index contributed by atoms with van der Waals surface area (Å²) < 4.78 is 27.2. The number of sulfonamides is 1. The van der Waals surface area contributed by atoms with E-state index >= 15 is 0 Å². The lowest BCUT2D eigenvalue weighted by Gasteiger charge is -2.24. The van der Waals surface area contributed by atoms with Gasteiger partial charge in [0.05, 0.1) is 5.25 Å². The molecule has 2 aliphatic heterocycles. The van der Waals surface area contributed by atoms with E-state index in [2.05, 4.69) is 28.8 Å². The summed E-state index contributed by atoms with van der Waals surface area (Å²) in [4.78, 5) is 2.42. The van der Waals surface area contributed by atoms with Crippen LogP contribution in [0.4, 0.5) is 0 Å². The van der Waals surface area contributed by atoms with E-state index in [1.165, 1.54) is 0 Å². The molecule has 19 heavy (non-hydrogen) atoms. The Kier molecular flexibility index (Phi) is 5.22. The largest absolute Gasteiger partial charge is 0.315 e. The molecule has 6 heteroatoms. The minimum Gasteiger partial charge on any atom is -0.315 e. The van der Waals surface area contributed by atoms with Crippen molar-refractivity contribution in [3.63, 3.8) is 0 Å². The van der Waals surface area contributed by atoms with Gasteiger partial charge in [0.15, 0.2) is 0 Å². The van der Waals surface area contributed by atoms with Crippen LogP contribution < -0.4 is 10.0 Å². The van der Waals surface area contributed by atoms with Crippen LogP contribution in [-0.2, 0) is 10.0 Å². The fraction of sp³-hybridized carbons (Fsp3) is 1.00. The predicted molar refractivity (Wildman–Crippen MR) is 77.6 cm³/mol. The maximum atomic E-state index is 12.2. The Morgan fingerprint density at radius 2 is 2.16 bits per heavy atom. The van der Waals surface area contributed by atoms with Gasteiger partial charge in [-0.2, -0.15) is 0 Å². The standard InChI is InChI=1S/C13H27N3O2S/c1-11(2)16-7-5-12(10-16)8-15-19(17,18)13-4-3-6-14-9-13/h11-15H,3-10H2,1-2H3. The lowest BCUT2D eigenvalue weighted by molar-refractivity contribution is 0.265. The summed E-state index contributed by atoms with van der Waals surface area (Å²) in [6, 6.07) is 0.559. The van der Waals surface area contributed by atoms with E-state index in [1.54, 1.807) is 0 Å². The maximum Gasteiger partial charge on any atom is 0.215 e. The highest BCUT2D eigenvalue weighted by Crippen LogP contribution is 2.18. The molecular weight excluding hydrogens is 262 g/mol. The molecule has 0 spiro atoms. The topological polar surface area (TPSA) is 61.4 Å². The number of hydrogen-bond donors (Lipinski definition) is 2. The monoisotopic (exact) mass is 289 g/mol. The molecule has 0 saturated carbocycles. The van der Waals surface area contributed by atoms with Crippen molar-refractivity contribution >= 4 is 10.0 Å². The third kappa shape index (κ3) is 4.15. The molecule has 2 atom stereocenters. The Balaban J connectivity index is 1.78. The van der Waals surface area contributed by atoms with Gasteiger partial charge >= 0.3 is 0 Å². The zero-order chi connectivity index (χ0) is 13.9. The molecule has 2 N–H and O–H groups in total. The van der Waals surface area contributed by atoms with Crippen LogP contribution in [-0.4, -0.2) is 57.3 Å². The zero-order valence-electron chi connectivity index (χ0n) is 12.1. The van der Waals surface area contributed by atoms with Gasteiger partial charge in [0.25, 0.3) is 0 Å². The van der Waals surface area contributed by atoms with Crippen LogP contribution in [0.1, 0.15) is 33.1 Å². The number of rotatable bonds is 5. The van der Waals surface area contributed by atoms with Crippen molar-refractivity contribution in [2.24, 2.45) is 5.92 Å². The molecule has 112 valence electrons. The Morgan fingerprint density at radius 3 is 2.74 bits per heavy atom. The number of nitrogens with one attached hydrogen (secondary N) is 2. The first kappa shape index (κ1) is 15.2.